The van der Waals surface area contributed by atoms with Crippen LogP contribution in [0, 0.1) is 6.92 Å². The Kier molecular flexibility index (Phi) is 3.96. The summed E-state index contributed by atoms with van der Waals surface area (Å²) in [6.45, 7) is 2.60. The van der Waals surface area contributed by atoms with E-state index in [0.717, 1.165) is 46.9 Å². The van der Waals surface area contributed by atoms with Gasteiger partial charge in [0.2, 0.25) is 10.0 Å². The van der Waals surface area contributed by atoms with E-state index >= 15 is 0 Å². The van der Waals surface area contributed by atoms with Crippen LogP contribution in [-0.2, 0) is 35.8 Å². The van der Waals surface area contributed by atoms with Crippen molar-refractivity contribution >= 4 is 20.9 Å². The average Bonchev–Trinajstić information content (AvgIpc) is 3.15. The lowest BCUT2D eigenvalue weighted by Crippen LogP contribution is -2.36. The van der Waals surface area contributed by atoms with Gasteiger partial charge in [-0.05, 0) is 90.6 Å². The number of sulfonamides is 1. The predicted molar refractivity (Wildman–Crippen MR) is 109 cm³/mol. The van der Waals surface area contributed by atoms with E-state index in [4.69, 9.17) is 0 Å². The van der Waals surface area contributed by atoms with Gasteiger partial charge in [0.1, 0.15) is 0 Å². The summed E-state index contributed by atoms with van der Waals surface area (Å²) in [6, 6.07) is 11.5. The number of aromatic nitrogens is 1. The number of nitrogens with zero attached hydrogens (tertiary/aromatic N) is 1. The molecule has 0 spiro atoms. The molecule has 1 N–H and O–H groups in total. The Bertz CT molecular complexity index is 1270. The predicted octanol–water partition coefficient (Wildman–Crippen LogP) is 3.07. The molecule has 144 valence electrons. The molecule has 5 nitrogen and oxygen atoms in total. The zero-order valence-corrected chi connectivity index (χ0v) is 16.6. The molecule has 1 aliphatic heterocycles. The minimum absolute atomic E-state index is 0.106. The number of aromatic amines is 1. The van der Waals surface area contributed by atoms with E-state index in [1.807, 2.05) is 24.3 Å². The minimum atomic E-state index is -3.53. The molecule has 0 saturated carbocycles. The van der Waals surface area contributed by atoms with Crippen molar-refractivity contribution in [1.29, 1.82) is 0 Å². The molecule has 0 bridgehead atoms. The van der Waals surface area contributed by atoms with Crippen LogP contribution in [0.3, 0.4) is 0 Å². The van der Waals surface area contributed by atoms with Crippen LogP contribution in [0.4, 0.5) is 0 Å². The van der Waals surface area contributed by atoms with Crippen LogP contribution in [0.1, 0.15) is 34.2 Å². The fourth-order valence-corrected chi connectivity index (χ4v) is 5.88. The highest BCUT2D eigenvalue weighted by Gasteiger charge is 2.29. The SMILES string of the molecule is Cc1cc2cc3c(cc2[nH]c1=O)CN(S(=O)(=O)c1ccc2c(c1)CCC2)CC3. The molecular weight excluding hydrogens is 372 g/mol. The summed E-state index contributed by atoms with van der Waals surface area (Å²) in [5, 5.41) is 0.991. The first-order chi connectivity index (χ1) is 13.4. The van der Waals surface area contributed by atoms with Crippen LogP contribution in [0.5, 0.6) is 0 Å². The summed E-state index contributed by atoms with van der Waals surface area (Å²) >= 11 is 0. The monoisotopic (exact) mass is 394 g/mol. The Morgan fingerprint density at radius 1 is 0.929 bits per heavy atom. The molecule has 1 aromatic heterocycles. The van der Waals surface area contributed by atoms with Crippen LogP contribution < -0.4 is 5.56 Å². The van der Waals surface area contributed by atoms with Gasteiger partial charge in [-0.3, -0.25) is 4.79 Å². The maximum absolute atomic E-state index is 13.2. The van der Waals surface area contributed by atoms with Crippen molar-refractivity contribution in [3.8, 4) is 0 Å². The van der Waals surface area contributed by atoms with Gasteiger partial charge < -0.3 is 4.98 Å². The number of fused-ring (bicyclic) bond motifs is 3. The third kappa shape index (κ3) is 2.79. The molecular formula is C22H22N2O3S. The van der Waals surface area contributed by atoms with Crippen LogP contribution >= 0.6 is 0 Å². The third-order valence-electron chi connectivity index (χ3n) is 6.04. The average molecular weight is 394 g/mol. The van der Waals surface area contributed by atoms with Gasteiger partial charge in [-0.15, -0.1) is 0 Å². The van der Waals surface area contributed by atoms with Crippen LogP contribution in [-0.4, -0.2) is 24.3 Å². The molecule has 0 amide bonds. The number of aryl methyl sites for hydroxylation is 3. The molecule has 0 radical (unpaired) electrons. The second-order valence-electron chi connectivity index (χ2n) is 7.86. The molecule has 2 aromatic carbocycles. The van der Waals surface area contributed by atoms with Gasteiger partial charge in [0.05, 0.1) is 4.90 Å². The molecule has 0 atom stereocenters. The smallest absolute Gasteiger partial charge is 0.251 e. The van der Waals surface area contributed by atoms with Gasteiger partial charge in [-0.2, -0.15) is 4.31 Å². The van der Waals surface area contributed by atoms with Crippen LogP contribution in [0.25, 0.3) is 10.9 Å². The second-order valence-corrected chi connectivity index (χ2v) is 9.80. The largest absolute Gasteiger partial charge is 0.322 e. The van der Waals surface area contributed by atoms with E-state index in [1.54, 1.807) is 17.3 Å². The standard InChI is InChI=1S/C22H22N2O3S/c1-14-9-18-10-17-7-8-24(13-19(17)12-21(18)23-22(14)25)28(26,27)20-6-5-15-3-2-4-16(15)11-20/h5-6,9-12H,2-4,7-8,13H2,1H3,(H,23,25). The van der Waals surface area contributed by atoms with Crippen LogP contribution in [0.2, 0.25) is 0 Å². The summed E-state index contributed by atoms with van der Waals surface area (Å²) in [5.41, 5.74) is 5.88. The molecule has 2 aliphatic rings. The molecule has 0 saturated heterocycles. The van der Waals surface area contributed by atoms with Gasteiger partial charge in [-0.1, -0.05) is 6.07 Å². The summed E-state index contributed by atoms with van der Waals surface area (Å²) in [4.78, 5) is 15.2. The maximum Gasteiger partial charge on any atom is 0.251 e. The lowest BCUT2D eigenvalue weighted by molar-refractivity contribution is 0.391. The van der Waals surface area contributed by atoms with Gasteiger partial charge in [0.15, 0.2) is 0 Å². The first-order valence-electron chi connectivity index (χ1n) is 9.69. The highest BCUT2D eigenvalue weighted by atomic mass is 32.2. The van der Waals surface area contributed by atoms with Crippen molar-refractivity contribution in [1.82, 2.24) is 9.29 Å². The number of benzene rings is 2. The van der Waals surface area contributed by atoms with Gasteiger partial charge in [0.25, 0.3) is 5.56 Å². The molecule has 0 unspecified atom stereocenters. The topological polar surface area (TPSA) is 70.2 Å². The van der Waals surface area contributed by atoms with Crippen molar-refractivity contribution in [3.63, 3.8) is 0 Å². The fourth-order valence-electron chi connectivity index (χ4n) is 4.41. The van der Waals surface area contributed by atoms with Gasteiger partial charge in [-0.25, -0.2) is 8.42 Å². The number of nitrogens with one attached hydrogen (secondary N) is 1. The van der Waals surface area contributed by atoms with Gasteiger partial charge in [0, 0.05) is 24.2 Å². The Morgan fingerprint density at radius 2 is 1.71 bits per heavy atom. The number of pyridine rings is 1. The number of rotatable bonds is 2. The minimum Gasteiger partial charge on any atom is -0.322 e. The first-order valence-corrected chi connectivity index (χ1v) is 11.1. The fraction of sp³-hybridized carbons (Fsp3) is 0.318. The van der Waals surface area contributed by atoms with Crippen molar-refractivity contribution in [2.45, 2.75) is 44.0 Å². The van der Waals surface area contributed by atoms with E-state index in [2.05, 4.69) is 11.1 Å². The lowest BCUT2D eigenvalue weighted by Gasteiger charge is -2.28. The summed E-state index contributed by atoms with van der Waals surface area (Å²) < 4.78 is 28.0. The number of H-pyrrole nitrogens is 1. The van der Waals surface area contributed by atoms with Crippen molar-refractivity contribution in [2.24, 2.45) is 0 Å². The lowest BCUT2D eigenvalue weighted by atomic mass is 9.98. The van der Waals surface area contributed by atoms with Crippen LogP contribution in [0.15, 0.2) is 46.1 Å². The Morgan fingerprint density at radius 3 is 2.57 bits per heavy atom. The van der Waals surface area contributed by atoms with Crippen molar-refractivity contribution in [2.75, 3.05) is 6.54 Å². The van der Waals surface area contributed by atoms with Crippen molar-refractivity contribution in [3.05, 3.63) is 74.6 Å². The quantitative estimate of drug-likeness (QED) is 0.726. The first kappa shape index (κ1) is 17.6. The number of hydrogen-bond donors (Lipinski definition) is 1. The Labute approximate surface area is 164 Å². The zero-order chi connectivity index (χ0) is 19.5. The molecule has 0 fully saturated rings. The molecule has 1 aliphatic carbocycles. The third-order valence-corrected chi connectivity index (χ3v) is 7.88. The van der Waals surface area contributed by atoms with E-state index in [9.17, 15) is 13.2 Å². The Hall–Kier alpha value is -2.44. The molecule has 3 aromatic rings. The Balaban J connectivity index is 1.51. The zero-order valence-electron chi connectivity index (χ0n) is 15.8. The van der Waals surface area contributed by atoms with E-state index < -0.39 is 10.0 Å². The van der Waals surface area contributed by atoms with E-state index in [-0.39, 0.29) is 5.56 Å². The second kappa shape index (κ2) is 6.29. The van der Waals surface area contributed by atoms with E-state index in [0.29, 0.717) is 30.0 Å². The van der Waals surface area contributed by atoms with Crippen molar-refractivity contribution < 1.29 is 8.42 Å². The molecule has 6 heteroatoms. The summed E-state index contributed by atoms with van der Waals surface area (Å²) in [7, 11) is -3.53. The highest BCUT2D eigenvalue weighted by Crippen LogP contribution is 2.30. The molecule has 28 heavy (non-hydrogen) atoms. The van der Waals surface area contributed by atoms with E-state index in [1.165, 1.54) is 5.56 Å². The molecule has 5 rings (SSSR count). The maximum atomic E-state index is 13.2. The summed E-state index contributed by atoms with van der Waals surface area (Å²) in [6.07, 6.45) is 3.77. The summed E-state index contributed by atoms with van der Waals surface area (Å²) in [5.74, 6) is 0. The highest BCUT2D eigenvalue weighted by molar-refractivity contribution is 7.89. The van der Waals surface area contributed by atoms with Gasteiger partial charge >= 0.3 is 0 Å². The molecule has 2 heterocycles. The number of hydrogen-bond acceptors (Lipinski definition) is 3. The normalized spacial score (nSPS) is 16.9.